The van der Waals surface area contributed by atoms with Crippen molar-refractivity contribution in [3.05, 3.63) is 65.2 Å². The van der Waals surface area contributed by atoms with Crippen LogP contribution in [0, 0.1) is 11.6 Å². The van der Waals surface area contributed by atoms with Gasteiger partial charge in [-0.1, -0.05) is 19.1 Å². The van der Waals surface area contributed by atoms with Crippen LogP contribution in [-0.4, -0.2) is 13.7 Å². The van der Waals surface area contributed by atoms with Gasteiger partial charge in [0, 0.05) is 5.56 Å². The number of benzene rings is 2. The van der Waals surface area contributed by atoms with Gasteiger partial charge in [-0.25, -0.2) is 8.78 Å². The first-order valence-electron chi connectivity index (χ1n) is 6.98. The maximum Gasteiger partial charge on any atom is 0.128 e. The molecule has 0 bridgehead atoms. The van der Waals surface area contributed by atoms with Gasteiger partial charge in [-0.05, 0) is 48.9 Å². The van der Waals surface area contributed by atoms with Crippen LogP contribution >= 0.6 is 0 Å². The lowest BCUT2D eigenvalue weighted by Crippen LogP contribution is -2.24. The Kier molecular flexibility index (Phi) is 5.28. The van der Waals surface area contributed by atoms with E-state index in [4.69, 9.17) is 4.74 Å². The van der Waals surface area contributed by atoms with Crippen molar-refractivity contribution in [3.63, 3.8) is 0 Å². The van der Waals surface area contributed by atoms with Crippen LogP contribution in [0.4, 0.5) is 8.78 Å². The third kappa shape index (κ3) is 3.79. The predicted molar refractivity (Wildman–Crippen MR) is 79.5 cm³/mol. The quantitative estimate of drug-likeness (QED) is 0.866. The van der Waals surface area contributed by atoms with Gasteiger partial charge in [0.1, 0.15) is 17.4 Å². The van der Waals surface area contributed by atoms with Gasteiger partial charge >= 0.3 is 0 Å². The first-order valence-corrected chi connectivity index (χ1v) is 6.98. The Morgan fingerprint density at radius 2 is 1.81 bits per heavy atom. The van der Waals surface area contributed by atoms with Crippen LogP contribution in [0.3, 0.4) is 0 Å². The van der Waals surface area contributed by atoms with E-state index in [0.29, 0.717) is 12.1 Å². The zero-order valence-electron chi connectivity index (χ0n) is 12.2. The summed E-state index contributed by atoms with van der Waals surface area (Å²) in [5.74, 6) is -0.128. The molecule has 112 valence electrons. The van der Waals surface area contributed by atoms with Gasteiger partial charge in [0.2, 0.25) is 0 Å². The maximum absolute atomic E-state index is 14.0. The van der Waals surface area contributed by atoms with Crippen LogP contribution in [0.2, 0.25) is 0 Å². The molecule has 0 aromatic heterocycles. The summed E-state index contributed by atoms with van der Waals surface area (Å²) in [6.07, 6.45) is 0.906. The first-order chi connectivity index (χ1) is 10.2. The van der Waals surface area contributed by atoms with Gasteiger partial charge < -0.3 is 10.1 Å². The van der Waals surface area contributed by atoms with Gasteiger partial charge in [-0.2, -0.15) is 0 Å². The van der Waals surface area contributed by atoms with E-state index in [-0.39, 0.29) is 6.04 Å². The zero-order chi connectivity index (χ0) is 15.2. The molecule has 1 atom stereocenters. The van der Waals surface area contributed by atoms with E-state index < -0.39 is 11.6 Å². The highest BCUT2D eigenvalue weighted by molar-refractivity contribution is 5.36. The van der Waals surface area contributed by atoms with E-state index in [2.05, 4.69) is 5.32 Å². The summed E-state index contributed by atoms with van der Waals surface area (Å²) in [7, 11) is 1.59. The third-order valence-electron chi connectivity index (χ3n) is 3.32. The highest BCUT2D eigenvalue weighted by Crippen LogP contribution is 2.26. The summed E-state index contributed by atoms with van der Waals surface area (Å²) in [5, 5.41) is 3.26. The standard InChI is InChI=1S/C17H19F2NO/c1-3-10-20-17(12-4-7-14(21-2)8-5-12)15-11-13(18)6-9-16(15)19/h4-9,11,17,20H,3,10H2,1-2H3. The number of hydrogen-bond acceptors (Lipinski definition) is 2. The van der Waals surface area contributed by atoms with Gasteiger partial charge in [0.05, 0.1) is 13.2 Å². The highest BCUT2D eigenvalue weighted by atomic mass is 19.1. The lowest BCUT2D eigenvalue weighted by Gasteiger charge is -2.20. The molecule has 0 radical (unpaired) electrons. The number of methoxy groups -OCH3 is 1. The van der Waals surface area contributed by atoms with E-state index in [1.807, 2.05) is 31.2 Å². The molecular formula is C17H19F2NO. The van der Waals surface area contributed by atoms with E-state index in [1.165, 1.54) is 6.07 Å². The van der Waals surface area contributed by atoms with Crippen molar-refractivity contribution in [2.45, 2.75) is 19.4 Å². The normalized spacial score (nSPS) is 12.2. The van der Waals surface area contributed by atoms with Crippen molar-refractivity contribution in [2.24, 2.45) is 0 Å². The summed E-state index contributed by atoms with van der Waals surface area (Å²) in [6.45, 7) is 2.74. The van der Waals surface area contributed by atoms with Crippen molar-refractivity contribution in [3.8, 4) is 5.75 Å². The molecule has 0 fully saturated rings. The topological polar surface area (TPSA) is 21.3 Å². The van der Waals surface area contributed by atoms with Crippen LogP contribution in [0.25, 0.3) is 0 Å². The number of halogens is 2. The molecule has 0 saturated carbocycles. The van der Waals surface area contributed by atoms with E-state index in [1.54, 1.807) is 7.11 Å². The Morgan fingerprint density at radius 3 is 2.43 bits per heavy atom. The minimum absolute atomic E-state index is 0.314. The molecule has 0 amide bonds. The molecule has 0 saturated heterocycles. The van der Waals surface area contributed by atoms with Crippen molar-refractivity contribution in [2.75, 3.05) is 13.7 Å². The molecule has 0 spiro atoms. The van der Waals surface area contributed by atoms with Crippen molar-refractivity contribution in [1.82, 2.24) is 5.32 Å². The van der Waals surface area contributed by atoms with Gasteiger partial charge in [-0.3, -0.25) is 0 Å². The molecule has 2 aromatic rings. The van der Waals surface area contributed by atoms with Crippen molar-refractivity contribution in [1.29, 1.82) is 0 Å². The van der Waals surface area contributed by atoms with E-state index in [0.717, 1.165) is 29.9 Å². The molecule has 4 heteroatoms. The number of ether oxygens (including phenoxy) is 1. The Balaban J connectivity index is 2.38. The maximum atomic E-state index is 14.0. The Morgan fingerprint density at radius 1 is 1.10 bits per heavy atom. The van der Waals surface area contributed by atoms with Crippen LogP contribution in [0.1, 0.15) is 30.5 Å². The number of rotatable bonds is 6. The molecule has 2 rings (SSSR count). The van der Waals surface area contributed by atoms with Crippen LogP contribution in [-0.2, 0) is 0 Å². The minimum atomic E-state index is -0.441. The second kappa shape index (κ2) is 7.18. The fraction of sp³-hybridized carbons (Fsp3) is 0.294. The molecule has 0 heterocycles. The third-order valence-corrected chi connectivity index (χ3v) is 3.32. The van der Waals surface area contributed by atoms with Crippen molar-refractivity contribution >= 4 is 0 Å². The molecule has 2 aromatic carbocycles. The van der Waals surface area contributed by atoms with Crippen molar-refractivity contribution < 1.29 is 13.5 Å². The Labute approximate surface area is 123 Å². The van der Waals surface area contributed by atoms with Crippen LogP contribution in [0.5, 0.6) is 5.75 Å². The first kappa shape index (κ1) is 15.4. The smallest absolute Gasteiger partial charge is 0.128 e. The Bertz CT molecular complexity index is 584. The summed E-state index contributed by atoms with van der Waals surface area (Å²) < 4.78 is 32.6. The summed E-state index contributed by atoms with van der Waals surface area (Å²) in [5.41, 5.74) is 1.18. The number of hydrogen-bond donors (Lipinski definition) is 1. The Hall–Kier alpha value is -1.94. The fourth-order valence-corrected chi connectivity index (χ4v) is 2.23. The zero-order valence-corrected chi connectivity index (χ0v) is 12.2. The molecular weight excluding hydrogens is 272 g/mol. The lowest BCUT2D eigenvalue weighted by atomic mass is 9.97. The van der Waals surface area contributed by atoms with Gasteiger partial charge in [-0.15, -0.1) is 0 Å². The second-order valence-corrected chi connectivity index (χ2v) is 4.83. The molecule has 1 N–H and O–H groups in total. The molecule has 2 nitrogen and oxygen atoms in total. The fourth-order valence-electron chi connectivity index (χ4n) is 2.23. The molecule has 0 aliphatic rings. The summed E-state index contributed by atoms with van der Waals surface area (Å²) in [4.78, 5) is 0. The largest absolute Gasteiger partial charge is 0.497 e. The van der Waals surface area contributed by atoms with Crippen LogP contribution < -0.4 is 10.1 Å². The summed E-state index contributed by atoms with van der Waals surface area (Å²) in [6, 6.07) is 10.5. The highest BCUT2D eigenvalue weighted by Gasteiger charge is 2.18. The van der Waals surface area contributed by atoms with E-state index >= 15 is 0 Å². The predicted octanol–water partition coefficient (Wildman–Crippen LogP) is 4.06. The molecule has 0 aliphatic heterocycles. The summed E-state index contributed by atoms with van der Waals surface area (Å²) >= 11 is 0. The van der Waals surface area contributed by atoms with Crippen LogP contribution in [0.15, 0.2) is 42.5 Å². The average Bonchev–Trinajstić information content (AvgIpc) is 2.51. The number of nitrogens with one attached hydrogen (secondary N) is 1. The molecule has 0 aliphatic carbocycles. The molecule has 21 heavy (non-hydrogen) atoms. The average molecular weight is 291 g/mol. The SMILES string of the molecule is CCCNC(c1ccc(OC)cc1)c1cc(F)ccc1F. The monoisotopic (exact) mass is 291 g/mol. The van der Waals surface area contributed by atoms with E-state index in [9.17, 15) is 8.78 Å². The minimum Gasteiger partial charge on any atom is -0.497 e. The van der Waals surface area contributed by atoms with Gasteiger partial charge in [0.15, 0.2) is 0 Å². The van der Waals surface area contributed by atoms with Gasteiger partial charge in [0.25, 0.3) is 0 Å². The second-order valence-electron chi connectivity index (χ2n) is 4.83. The molecule has 1 unspecified atom stereocenters. The lowest BCUT2D eigenvalue weighted by molar-refractivity contribution is 0.414.